The number of amides is 2. The highest BCUT2D eigenvalue weighted by Gasteiger charge is 2.31. The van der Waals surface area contributed by atoms with Gasteiger partial charge in [-0.2, -0.15) is 4.31 Å². The van der Waals surface area contributed by atoms with Crippen LogP contribution in [0.3, 0.4) is 0 Å². The Kier molecular flexibility index (Phi) is 6.90. The summed E-state index contributed by atoms with van der Waals surface area (Å²) in [5, 5.41) is 2.80. The van der Waals surface area contributed by atoms with E-state index >= 15 is 0 Å². The summed E-state index contributed by atoms with van der Waals surface area (Å²) < 4.78 is 32.1. The van der Waals surface area contributed by atoms with Gasteiger partial charge in [-0.15, -0.1) is 0 Å². The monoisotopic (exact) mass is 480 g/mol. The number of pyridine rings is 1. The Hall–Kier alpha value is -3.76. The van der Waals surface area contributed by atoms with Crippen molar-refractivity contribution >= 4 is 27.5 Å². The lowest BCUT2D eigenvalue weighted by Gasteiger charge is -2.34. The number of nitrogens with zero attached hydrogens (tertiary/aromatic N) is 3. The van der Waals surface area contributed by atoms with E-state index in [0.717, 1.165) is 0 Å². The van der Waals surface area contributed by atoms with Crippen LogP contribution >= 0.6 is 0 Å². The van der Waals surface area contributed by atoms with E-state index in [1.807, 2.05) is 0 Å². The number of nitrogens with one attached hydrogen (secondary N) is 1. The number of anilines is 1. The first kappa shape index (κ1) is 23.4. The van der Waals surface area contributed by atoms with Gasteiger partial charge in [-0.05, 0) is 48.5 Å². The van der Waals surface area contributed by atoms with Crippen molar-refractivity contribution in [2.45, 2.75) is 4.90 Å². The van der Waals surface area contributed by atoms with E-state index in [9.17, 15) is 18.0 Å². The second-order valence-electron chi connectivity index (χ2n) is 7.61. The summed E-state index contributed by atoms with van der Waals surface area (Å²) in [7, 11) is -2.12. The molecule has 1 fully saturated rings. The molecule has 2 heterocycles. The molecule has 0 bridgehead atoms. The minimum absolute atomic E-state index is 0.126. The van der Waals surface area contributed by atoms with Crippen molar-refractivity contribution in [1.82, 2.24) is 14.2 Å². The molecule has 10 heteroatoms. The second kappa shape index (κ2) is 10.0. The van der Waals surface area contributed by atoms with Crippen LogP contribution in [-0.2, 0) is 10.0 Å². The fourth-order valence-corrected chi connectivity index (χ4v) is 5.05. The van der Waals surface area contributed by atoms with Gasteiger partial charge in [0.05, 0.1) is 18.4 Å². The molecule has 3 aromatic rings. The number of hydrogen-bond donors (Lipinski definition) is 1. The molecule has 0 atom stereocenters. The third-order valence-corrected chi connectivity index (χ3v) is 7.44. The van der Waals surface area contributed by atoms with Crippen molar-refractivity contribution in [1.29, 1.82) is 0 Å². The fourth-order valence-electron chi connectivity index (χ4n) is 3.67. The maximum absolute atomic E-state index is 13.2. The Labute approximate surface area is 198 Å². The van der Waals surface area contributed by atoms with Gasteiger partial charge >= 0.3 is 0 Å². The Morgan fingerprint density at radius 1 is 0.941 bits per heavy atom. The van der Waals surface area contributed by atoms with E-state index in [-0.39, 0.29) is 42.9 Å². The molecule has 34 heavy (non-hydrogen) atoms. The van der Waals surface area contributed by atoms with E-state index in [4.69, 9.17) is 4.74 Å². The minimum Gasteiger partial charge on any atom is -0.497 e. The number of hydrogen-bond acceptors (Lipinski definition) is 6. The summed E-state index contributed by atoms with van der Waals surface area (Å²) in [6, 6.07) is 16.5. The smallest absolute Gasteiger partial charge is 0.256 e. The number of carbonyl (C=O) groups is 2. The molecule has 0 aliphatic carbocycles. The van der Waals surface area contributed by atoms with Crippen molar-refractivity contribution in [2.24, 2.45) is 0 Å². The number of sulfonamides is 1. The minimum atomic E-state index is -3.67. The number of piperazine rings is 1. The molecule has 9 nitrogen and oxygen atoms in total. The summed E-state index contributed by atoms with van der Waals surface area (Å²) >= 11 is 0. The normalized spacial score (nSPS) is 14.4. The average molecular weight is 481 g/mol. The van der Waals surface area contributed by atoms with Crippen LogP contribution in [-0.4, -0.2) is 67.7 Å². The van der Waals surface area contributed by atoms with Crippen LogP contribution in [0.15, 0.2) is 78.0 Å². The standard InChI is InChI=1S/C24H24N4O5S/c1-33-19-10-8-18(9-11-19)23(29)26-22-7-3-2-6-21(22)24(30)27-13-15-28(16-14-27)34(31,32)20-5-4-12-25-17-20/h2-12,17H,13-16H2,1H3,(H,26,29). The maximum atomic E-state index is 13.2. The Morgan fingerprint density at radius 2 is 1.65 bits per heavy atom. The molecule has 4 rings (SSSR count). The largest absolute Gasteiger partial charge is 0.497 e. The van der Waals surface area contributed by atoms with Gasteiger partial charge in [0.25, 0.3) is 11.8 Å². The van der Waals surface area contributed by atoms with Crippen LogP contribution in [0.5, 0.6) is 5.75 Å². The van der Waals surface area contributed by atoms with E-state index in [1.54, 1.807) is 66.6 Å². The zero-order chi connectivity index (χ0) is 24.1. The zero-order valence-electron chi connectivity index (χ0n) is 18.5. The Balaban J connectivity index is 1.44. The van der Waals surface area contributed by atoms with Crippen LogP contribution in [0.4, 0.5) is 5.69 Å². The van der Waals surface area contributed by atoms with Crippen LogP contribution < -0.4 is 10.1 Å². The quantitative estimate of drug-likeness (QED) is 0.581. The molecule has 0 radical (unpaired) electrons. The number of aromatic nitrogens is 1. The van der Waals surface area contributed by atoms with E-state index in [2.05, 4.69) is 10.3 Å². The second-order valence-corrected chi connectivity index (χ2v) is 9.55. The predicted molar refractivity (Wildman–Crippen MR) is 126 cm³/mol. The molecule has 2 amide bonds. The lowest BCUT2D eigenvalue weighted by atomic mass is 10.1. The SMILES string of the molecule is COc1ccc(C(=O)Nc2ccccc2C(=O)N2CCN(S(=O)(=O)c3cccnc3)CC2)cc1. The van der Waals surface area contributed by atoms with Gasteiger partial charge in [0.15, 0.2) is 0 Å². The summed E-state index contributed by atoms with van der Waals surface area (Å²) in [4.78, 5) is 31.5. The molecule has 1 aliphatic heterocycles. The van der Waals surface area contributed by atoms with Gasteiger partial charge in [0.2, 0.25) is 10.0 Å². The first-order valence-electron chi connectivity index (χ1n) is 10.6. The zero-order valence-corrected chi connectivity index (χ0v) is 19.4. The van der Waals surface area contributed by atoms with Crippen LogP contribution in [0, 0.1) is 0 Å². The molecular weight excluding hydrogens is 456 g/mol. The first-order chi connectivity index (χ1) is 16.4. The highest BCUT2D eigenvalue weighted by molar-refractivity contribution is 7.89. The number of para-hydroxylation sites is 1. The topological polar surface area (TPSA) is 109 Å². The number of ether oxygens (including phenoxy) is 1. The van der Waals surface area contributed by atoms with Gasteiger partial charge in [-0.25, -0.2) is 8.42 Å². The maximum Gasteiger partial charge on any atom is 0.256 e. The third-order valence-electron chi connectivity index (χ3n) is 5.56. The van der Waals surface area contributed by atoms with Gasteiger partial charge in [0.1, 0.15) is 10.6 Å². The fraction of sp³-hybridized carbons (Fsp3) is 0.208. The molecule has 2 aromatic carbocycles. The number of carbonyl (C=O) groups excluding carboxylic acids is 2. The molecule has 0 spiro atoms. The average Bonchev–Trinajstić information content (AvgIpc) is 2.89. The van der Waals surface area contributed by atoms with Gasteiger partial charge in [-0.1, -0.05) is 12.1 Å². The van der Waals surface area contributed by atoms with Gasteiger partial charge < -0.3 is 15.0 Å². The predicted octanol–water partition coefficient (Wildman–Crippen LogP) is 2.49. The molecule has 1 aliphatic rings. The highest BCUT2D eigenvalue weighted by Crippen LogP contribution is 2.22. The van der Waals surface area contributed by atoms with Crippen molar-refractivity contribution in [3.05, 3.63) is 84.2 Å². The van der Waals surface area contributed by atoms with E-state index in [0.29, 0.717) is 22.6 Å². The Bertz CT molecular complexity index is 1270. The molecular formula is C24H24N4O5S. The third kappa shape index (κ3) is 4.92. The summed E-state index contributed by atoms with van der Waals surface area (Å²) in [5.74, 6) is 0.0103. The van der Waals surface area contributed by atoms with E-state index in [1.165, 1.54) is 22.8 Å². The summed E-state index contributed by atoms with van der Waals surface area (Å²) in [6.45, 7) is 0.810. The Morgan fingerprint density at radius 3 is 2.29 bits per heavy atom. The summed E-state index contributed by atoms with van der Waals surface area (Å²) in [5.41, 5.74) is 1.16. The lowest BCUT2D eigenvalue weighted by Crippen LogP contribution is -2.50. The van der Waals surface area contributed by atoms with Gasteiger partial charge in [-0.3, -0.25) is 14.6 Å². The van der Waals surface area contributed by atoms with Crippen molar-refractivity contribution in [3.8, 4) is 5.75 Å². The van der Waals surface area contributed by atoms with Crippen LogP contribution in [0.25, 0.3) is 0 Å². The van der Waals surface area contributed by atoms with Crippen molar-refractivity contribution in [3.63, 3.8) is 0 Å². The number of methoxy groups -OCH3 is 1. The van der Waals surface area contributed by atoms with Crippen LogP contribution in [0.1, 0.15) is 20.7 Å². The highest BCUT2D eigenvalue weighted by atomic mass is 32.2. The number of rotatable bonds is 6. The molecule has 0 unspecified atom stereocenters. The van der Waals surface area contributed by atoms with Crippen LogP contribution in [0.2, 0.25) is 0 Å². The molecule has 1 aromatic heterocycles. The van der Waals surface area contributed by atoms with Crippen molar-refractivity contribution < 1.29 is 22.7 Å². The molecule has 1 saturated heterocycles. The van der Waals surface area contributed by atoms with Gasteiger partial charge in [0, 0.05) is 44.1 Å². The number of benzene rings is 2. The van der Waals surface area contributed by atoms with E-state index < -0.39 is 10.0 Å². The molecule has 1 N–H and O–H groups in total. The molecule has 176 valence electrons. The lowest BCUT2D eigenvalue weighted by molar-refractivity contribution is 0.0699. The van der Waals surface area contributed by atoms with Crippen molar-refractivity contribution in [2.75, 3.05) is 38.6 Å². The first-order valence-corrected chi connectivity index (χ1v) is 12.1. The summed E-state index contributed by atoms with van der Waals surface area (Å²) in [6.07, 6.45) is 2.83. The molecule has 0 saturated carbocycles.